The summed E-state index contributed by atoms with van der Waals surface area (Å²) in [4.78, 5) is 12.0. The number of carbonyl (C=O) groups is 1. The van der Waals surface area contributed by atoms with Crippen LogP contribution >= 0.6 is 23.8 Å². The van der Waals surface area contributed by atoms with Crippen LogP contribution in [0.4, 0.5) is 0 Å². The summed E-state index contributed by atoms with van der Waals surface area (Å²) in [5.74, 6) is 1.14. The maximum atomic E-state index is 12.0. The average molecular weight is 429 g/mol. The van der Waals surface area contributed by atoms with Gasteiger partial charge >= 0.3 is 0 Å². The third kappa shape index (κ3) is 6.55. The summed E-state index contributed by atoms with van der Waals surface area (Å²) in [6.07, 6.45) is 3.94. The van der Waals surface area contributed by atoms with Crippen LogP contribution in [-0.2, 0) is 28.7 Å². The number of carbonyl (C=O) groups excluding carboxylic acids is 1. The molecule has 9 heteroatoms. The van der Waals surface area contributed by atoms with Crippen molar-refractivity contribution in [3.05, 3.63) is 34.1 Å². The zero-order valence-corrected chi connectivity index (χ0v) is 18.0. The minimum absolute atomic E-state index is 0.0986. The quantitative estimate of drug-likeness (QED) is 0.588. The second-order valence-corrected chi connectivity index (χ2v) is 8.57. The Morgan fingerprint density at radius 2 is 2.00 bits per heavy atom. The molecule has 27 heavy (non-hydrogen) atoms. The van der Waals surface area contributed by atoms with Gasteiger partial charge in [0.1, 0.15) is 0 Å². The molecule has 0 radical (unpaired) electrons. The predicted octanol–water partition coefficient (Wildman–Crippen LogP) is 3.42. The first-order valence-corrected chi connectivity index (χ1v) is 11.4. The van der Waals surface area contributed by atoms with Crippen molar-refractivity contribution in [1.29, 1.82) is 0 Å². The van der Waals surface area contributed by atoms with Gasteiger partial charge in [0.2, 0.25) is 5.91 Å². The number of nitrogens with zero attached hydrogens (tertiary/aromatic N) is 3. The van der Waals surface area contributed by atoms with Gasteiger partial charge in [-0.3, -0.25) is 13.6 Å². The molecule has 0 bridgehead atoms. The molecule has 0 spiro atoms. The Morgan fingerprint density at radius 1 is 1.30 bits per heavy atom. The second kappa shape index (κ2) is 10.7. The van der Waals surface area contributed by atoms with E-state index in [0.717, 1.165) is 30.8 Å². The van der Waals surface area contributed by atoms with Crippen molar-refractivity contribution < 1.29 is 9.00 Å². The summed E-state index contributed by atoms with van der Waals surface area (Å²) >= 11 is 11.6. The lowest BCUT2D eigenvalue weighted by atomic mass is 10.2. The number of halogens is 1. The minimum Gasteiger partial charge on any atom is -0.355 e. The molecule has 0 aliphatic rings. The maximum absolute atomic E-state index is 12.0. The molecule has 148 valence electrons. The number of hydrogen-bond acceptors (Lipinski definition) is 4. The standard InChI is InChI=1S/C18H25ClN4O2S2/c1-3-4-11-22-17(14-5-7-15(19)8-6-14)21-23(18(22)26)12-9-16(24)20-10-13-27(2)25/h5-8H,3-4,9-13H2,1-2H3,(H,20,24). The lowest BCUT2D eigenvalue weighted by Crippen LogP contribution is -2.28. The lowest BCUT2D eigenvalue weighted by Gasteiger charge is -2.06. The molecule has 0 saturated heterocycles. The van der Waals surface area contributed by atoms with Crippen molar-refractivity contribution in [2.24, 2.45) is 0 Å². The molecule has 0 fully saturated rings. The van der Waals surface area contributed by atoms with E-state index in [1.165, 1.54) is 0 Å². The Bertz CT molecular complexity index is 846. The Labute approximate surface area is 172 Å². The second-order valence-electron chi connectivity index (χ2n) is 6.22. The topological polar surface area (TPSA) is 68.9 Å². The first-order valence-electron chi connectivity index (χ1n) is 8.92. The molecule has 1 aromatic carbocycles. The third-order valence-corrected chi connectivity index (χ3v) is 5.49. The first kappa shape index (κ1) is 21.8. The van der Waals surface area contributed by atoms with Gasteiger partial charge in [0.05, 0.1) is 6.54 Å². The monoisotopic (exact) mass is 428 g/mol. The fraction of sp³-hybridized carbons (Fsp3) is 0.500. The van der Waals surface area contributed by atoms with Crippen molar-refractivity contribution in [3.63, 3.8) is 0 Å². The van der Waals surface area contributed by atoms with Gasteiger partial charge in [-0.1, -0.05) is 24.9 Å². The SMILES string of the molecule is CCCCn1c(-c2ccc(Cl)cc2)nn(CCC(=O)NCCS(C)=O)c1=S. The molecular weight excluding hydrogens is 404 g/mol. The molecule has 1 N–H and O–H groups in total. The molecule has 1 unspecified atom stereocenters. The Balaban J connectivity index is 2.14. The van der Waals surface area contributed by atoms with Gasteiger partial charge in [-0.2, -0.15) is 5.10 Å². The summed E-state index contributed by atoms with van der Waals surface area (Å²) in [5, 5.41) is 8.08. The molecule has 1 atom stereocenters. The van der Waals surface area contributed by atoms with E-state index >= 15 is 0 Å². The number of aromatic nitrogens is 3. The van der Waals surface area contributed by atoms with Crippen molar-refractivity contribution in [3.8, 4) is 11.4 Å². The van der Waals surface area contributed by atoms with Crippen LogP contribution in [0.15, 0.2) is 24.3 Å². The van der Waals surface area contributed by atoms with Gasteiger partial charge in [0.25, 0.3) is 0 Å². The summed E-state index contributed by atoms with van der Waals surface area (Å²) in [6.45, 7) is 3.72. The Kier molecular flexibility index (Phi) is 8.66. The van der Waals surface area contributed by atoms with E-state index in [-0.39, 0.29) is 12.3 Å². The Morgan fingerprint density at radius 3 is 2.63 bits per heavy atom. The molecule has 6 nitrogen and oxygen atoms in total. The van der Waals surface area contributed by atoms with Gasteiger partial charge in [0.15, 0.2) is 10.6 Å². The fourth-order valence-electron chi connectivity index (χ4n) is 2.55. The van der Waals surface area contributed by atoms with E-state index in [1.54, 1.807) is 10.9 Å². The summed E-state index contributed by atoms with van der Waals surface area (Å²) in [6, 6.07) is 7.50. The normalized spacial score (nSPS) is 12.1. The van der Waals surface area contributed by atoms with Gasteiger partial charge < -0.3 is 5.32 Å². The zero-order valence-electron chi connectivity index (χ0n) is 15.6. The van der Waals surface area contributed by atoms with Crippen LogP contribution in [0.3, 0.4) is 0 Å². The van der Waals surface area contributed by atoms with Crippen LogP contribution in [0.1, 0.15) is 26.2 Å². The third-order valence-electron chi connectivity index (χ3n) is 4.02. The van der Waals surface area contributed by atoms with Gasteiger partial charge in [0, 0.05) is 52.9 Å². The molecular formula is C18H25ClN4O2S2. The van der Waals surface area contributed by atoms with E-state index in [9.17, 15) is 9.00 Å². The van der Waals surface area contributed by atoms with E-state index in [0.29, 0.717) is 28.6 Å². The number of unbranched alkanes of at least 4 members (excludes halogenated alkanes) is 1. The largest absolute Gasteiger partial charge is 0.355 e. The fourth-order valence-corrected chi connectivity index (χ4v) is 3.37. The van der Waals surface area contributed by atoms with Crippen LogP contribution < -0.4 is 5.32 Å². The van der Waals surface area contributed by atoms with Crippen LogP contribution in [0, 0.1) is 4.77 Å². The van der Waals surface area contributed by atoms with E-state index in [2.05, 4.69) is 17.3 Å². The average Bonchev–Trinajstić information content (AvgIpc) is 2.94. The number of benzene rings is 1. The first-order chi connectivity index (χ1) is 12.9. The number of rotatable bonds is 10. The maximum Gasteiger partial charge on any atom is 0.221 e. The molecule has 0 aliphatic carbocycles. The summed E-state index contributed by atoms with van der Waals surface area (Å²) in [5.41, 5.74) is 0.940. The van der Waals surface area contributed by atoms with Gasteiger partial charge in [-0.05, 0) is 42.9 Å². The van der Waals surface area contributed by atoms with Crippen LogP contribution in [0.5, 0.6) is 0 Å². The molecule has 0 saturated carbocycles. The molecule has 2 aromatic rings. The van der Waals surface area contributed by atoms with Crippen LogP contribution in [0.25, 0.3) is 11.4 Å². The molecule has 0 aliphatic heterocycles. The predicted molar refractivity (Wildman–Crippen MR) is 113 cm³/mol. The molecule has 1 amide bonds. The van der Waals surface area contributed by atoms with Gasteiger partial charge in [-0.15, -0.1) is 0 Å². The minimum atomic E-state index is -0.913. The highest BCUT2D eigenvalue weighted by molar-refractivity contribution is 7.84. The number of nitrogens with one attached hydrogen (secondary N) is 1. The number of aryl methyl sites for hydroxylation is 1. The number of hydrogen-bond donors (Lipinski definition) is 1. The zero-order chi connectivity index (χ0) is 19.8. The highest BCUT2D eigenvalue weighted by Gasteiger charge is 2.13. The summed E-state index contributed by atoms with van der Waals surface area (Å²) < 4.78 is 15.4. The van der Waals surface area contributed by atoms with E-state index in [1.807, 2.05) is 28.8 Å². The highest BCUT2D eigenvalue weighted by atomic mass is 35.5. The molecule has 1 heterocycles. The smallest absolute Gasteiger partial charge is 0.221 e. The van der Waals surface area contributed by atoms with Gasteiger partial charge in [-0.25, -0.2) is 4.68 Å². The van der Waals surface area contributed by atoms with E-state index < -0.39 is 10.8 Å². The van der Waals surface area contributed by atoms with Crippen molar-refractivity contribution in [2.75, 3.05) is 18.6 Å². The highest BCUT2D eigenvalue weighted by Crippen LogP contribution is 2.21. The number of amides is 1. The molecule has 2 rings (SSSR count). The van der Waals surface area contributed by atoms with Crippen molar-refractivity contribution >= 4 is 40.5 Å². The van der Waals surface area contributed by atoms with Crippen molar-refractivity contribution in [2.45, 2.75) is 39.3 Å². The van der Waals surface area contributed by atoms with Crippen LogP contribution in [-0.4, -0.2) is 43.0 Å². The van der Waals surface area contributed by atoms with E-state index in [4.69, 9.17) is 23.8 Å². The van der Waals surface area contributed by atoms with Crippen LogP contribution in [0.2, 0.25) is 5.02 Å². The van der Waals surface area contributed by atoms with Crippen molar-refractivity contribution in [1.82, 2.24) is 19.7 Å². The molecule has 1 aromatic heterocycles. The Hall–Kier alpha value is -1.51. The lowest BCUT2D eigenvalue weighted by molar-refractivity contribution is -0.121. The summed E-state index contributed by atoms with van der Waals surface area (Å²) in [7, 11) is -0.913.